The van der Waals surface area contributed by atoms with Crippen LogP contribution in [0, 0.1) is 5.92 Å². The zero-order valence-corrected chi connectivity index (χ0v) is 13.2. The molecule has 4 nitrogen and oxygen atoms in total. The second-order valence-electron chi connectivity index (χ2n) is 5.42. The average Bonchev–Trinajstić information content (AvgIpc) is 2.85. The lowest BCUT2D eigenvalue weighted by molar-refractivity contribution is -0.153. The molecular weight excluding hydrogens is 311 g/mol. The van der Waals surface area contributed by atoms with Crippen molar-refractivity contribution in [3.05, 3.63) is 33.8 Å². The number of ether oxygens (including phenoxy) is 1. The Labute approximate surface area is 134 Å². The van der Waals surface area contributed by atoms with Gasteiger partial charge in [-0.1, -0.05) is 29.3 Å². The highest BCUT2D eigenvalue weighted by Gasteiger charge is 2.36. The number of amides is 1. The van der Waals surface area contributed by atoms with Gasteiger partial charge < -0.3 is 4.74 Å². The molecule has 3 rings (SSSR count). The van der Waals surface area contributed by atoms with E-state index in [1.807, 2.05) is 23.2 Å². The van der Waals surface area contributed by atoms with Gasteiger partial charge in [-0.15, -0.1) is 0 Å². The summed E-state index contributed by atoms with van der Waals surface area (Å²) < 4.78 is 5.33. The molecule has 0 radical (unpaired) electrons. The maximum Gasteiger partial charge on any atom is 0.240 e. The molecule has 2 saturated heterocycles. The van der Waals surface area contributed by atoms with Crippen LogP contribution >= 0.6 is 23.2 Å². The summed E-state index contributed by atoms with van der Waals surface area (Å²) in [5, 5.41) is 5.25. The number of rotatable bonds is 3. The fourth-order valence-corrected chi connectivity index (χ4v) is 3.51. The van der Waals surface area contributed by atoms with Crippen LogP contribution in [0.3, 0.4) is 0 Å². The fourth-order valence-electron chi connectivity index (χ4n) is 2.96. The van der Waals surface area contributed by atoms with Crippen LogP contribution in [0.1, 0.15) is 12.0 Å². The van der Waals surface area contributed by atoms with E-state index >= 15 is 0 Å². The summed E-state index contributed by atoms with van der Waals surface area (Å²) in [6, 6.07) is 5.47. The molecule has 2 aliphatic heterocycles. The highest BCUT2D eigenvalue weighted by molar-refractivity contribution is 6.36. The van der Waals surface area contributed by atoms with Gasteiger partial charge >= 0.3 is 0 Å². The minimum atomic E-state index is -0.0368. The quantitative estimate of drug-likeness (QED) is 0.855. The Morgan fingerprint density at radius 1 is 1.14 bits per heavy atom. The zero-order chi connectivity index (χ0) is 14.8. The average molecular weight is 329 g/mol. The lowest BCUT2D eigenvalue weighted by Crippen LogP contribution is -2.49. The normalized spacial score (nSPS) is 23.8. The summed E-state index contributed by atoms with van der Waals surface area (Å²) >= 11 is 12.4. The van der Waals surface area contributed by atoms with Gasteiger partial charge in [0.2, 0.25) is 5.91 Å². The first-order valence-electron chi connectivity index (χ1n) is 7.23. The van der Waals surface area contributed by atoms with Gasteiger partial charge in [-0.05, 0) is 30.5 Å². The molecule has 1 aromatic rings. The monoisotopic (exact) mass is 328 g/mol. The predicted molar refractivity (Wildman–Crippen MR) is 82.4 cm³/mol. The number of nitrogens with zero attached hydrogens (tertiary/aromatic N) is 2. The Morgan fingerprint density at radius 2 is 1.81 bits per heavy atom. The van der Waals surface area contributed by atoms with E-state index in [9.17, 15) is 4.79 Å². The Kier molecular flexibility index (Phi) is 4.69. The number of benzene rings is 1. The van der Waals surface area contributed by atoms with Crippen LogP contribution in [0.15, 0.2) is 18.2 Å². The molecule has 21 heavy (non-hydrogen) atoms. The molecule has 0 saturated carbocycles. The van der Waals surface area contributed by atoms with Gasteiger partial charge in [0, 0.05) is 35.6 Å². The SMILES string of the molecule is O=C1C(Cc2c(Cl)cccc2Cl)CCN1N1CCOCC1. The van der Waals surface area contributed by atoms with Crippen molar-refractivity contribution < 1.29 is 9.53 Å². The minimum absolute atomic E-state index is 0.0368. The Balaban J connectivity index is 1.69. The van der Waals surface area contributed by atoms with Crippen LogP contribution in [0.25, 0.3) is 0 Å². The molecule has 114 valence electrons. The molecule has 1 amide bonds. The first-order valence-corrected chi connectivity index (χ1v) is 7.99. The number of carbonyl (C=O) groups is 1. The molecule has 0 aromatic heterocycles. The summed E-state index contributed by atoms with van der Waals surface area (Å²) in [6.45, 7) is 3.71. The van der Waals surface area contributed by atoms with E-state index in [1.54, 1.807) is 0 Å². The second kappa shape index (κ2) is 6.53. The molecule has 1 aromatic carbocycles. The second-order valence-corrected chi connectivity index (χ2v) is 6.23. The van der Waals surface area contributed by atoms with Gasteiger partial charge in [0.1, 0.15) is 0 Å². The number of halogens is 2. The van der Waals surface area contributed by atoms with Crippen molar-refractivity contribution in [2.45, 2.75) is 12.8 Å². The zero-order valence-electron chi connectivity index (χ0n) is 11.7. The third-order valence-corrected chi connectivity index (χ3v) is 4.84. The molecule has 2 fully saturated rings. The Bertz CT molecular complexity index is 512. The Morgan fingerprint density at radius 3 is 2.48 bits per heavy atom. The van der Waals surface area contributed by atoms with Crippen LogP contribution in [0.5, 0.6) is 0 Å². The van der Waals surface area contributed by atoms with Crippen molar-refractivity contribution in [3.8, 4) is 0 Å². The van der Waals surface area contributed by atoms with Gasteiger partial charge in [-0.2, -0.15) is 0 Å². The van der Waals surface area contributed by atoms with E-state index in [1.165, 1.54) is 0 Å². The van der Waals surface area contributed by atoms with E-state index in [0.717, 1.165) is 31.6 Å². The molecule has 0 spiro atoms. The molecule has 2 heterocycles. The molecule has 2 aliphatic rings. The smallest absolute Gasteiger partial charge is 0.240 e. The topological polar surface area (TPSA) is 32.8 Å². The number of hydrazine groups is 1. The maximum absolute atomic E-state index is 12.6. The van der Waals surface area contributed by atoms with Crippen LogP contribution < -0.4 is 0 Å². The van der Waals surface area contributed by atoms with Crippen molar-refractivity contribution >= 4 is 29.1 Å². The van der Waals surface area contributed by atoms with Crippen molar-refractivity contribution in [1.29, 1.82) is 0 Å². The highest BCUT2D eigenvalue weighted by Crippen LogP contribution is 2.31. The lowest BCUT2D eigenvalue weighted by Gasteiger charge is -2.34. The number of hydrogen-bond donors (Lipinski definition) is 0. The lowest BCUT2D eigenvalue weighted by atomic mass is 9.98. The van der Waals surface area contributed by atoms with E-state index in [0.29, 0.717) is 29.7 Å². The maximum atomic E-state index is 12.6. The van der Waals surface area contributed by atoms with E-state index < -0.39 is 0 Å². The summed E-state index contributed by atoms with van der Waals surface area (Å²) in [6.07, 6.45) is 1.45. The van der Waals surface area contributed by atoms with Crippen molar-refractivity contribution in [1.82, 2.24) is 10.0 Å². The predicted octanol–water partition coefficient (Wildman–Crippen LogP) is 2.63. The van der Waals surface area contributed by atoms with Gasteiger partial charge in [-0.3, -0.25) is 9.80 Å². The van der Waals surface area contributed by atoms with Crippen LogP contribution in [0.4, 0.5) is 0 Å². The first-order chi connectivity index (χ1) is 10.2. The summed E-state index contributed by atoms with van der Waals surface area (Å²) in [5.74, 6) is 0.137. The van der Waals surface area contributed by atoms with Crippen LogP contribution in [0.2, 0.25) is 10.0 Å². The minimum Gasteiger partial charge on any atom is -0.379 e. The number of carbonyl (C=O) groups excluding carboxylic acids is 1. The summed E-state index contributed by atoms with van der Waals surface area (Å²) in [4.78, 5) is 12.6. The third kappa shape index (κ3) is 3.19. The summed E-state index contributed by atoms with van der Waals surface area (Å²) in [5.41, 5.74) is 0.878. The van der Waals surface area contributed by atoms with E-state index in [2.05, 4.69) is 5.01 Å². The molecule has 1 unspecified atom stereocenters. The van der Waals surface area contributed by atoms with Crippen LogP contribution in [-0.2, 0) is 16.0 Å². The standard InChI is InChI=1S/C15H18Cl2N2O2/c16-13-2-1-3-14(17)12(13)10-11-4-5-19(15(11)20)18-6-8-21-9-7-18/h1-3,11H,4-10H2. The van der Waals surface area contributed by atoms with Crippen molar-refractivity contribution in [3.63, 3.8) is 0 Å². The molecule has 1 atom stereocenters. The third-order valence-electron chi connectivity index (χ3n) is 4.13. The molecule has 0 N–H and O–H groups in total. The van der Waals surface area contributed by atoms with Crippen LogP contribution in [-0.4, -0.2) is 48.8 Å². The molecule has 0 bridgehead atoms. The molecule has 0 aliphatic carbocycles. The summed E-state index contributed by atoms with van der Waals surface area (Å²) in [7, 11) is 0. The largest absolute Gasteiger partial charge is 0.379 e. The van der Waals surface area contributed by atoms with E-state index in [-0.39, 0.29) is 11.8 Å². The van der Waals surface area contributed by atoms with E-state index in [4.69, 9.17) is 27.9 Å². The Hall–Kier alpha value is -0.810. The van der Waals surface area contributed by atoms with Crippen molar-refractivity contribution in [2.24, 2.45) is 5.92 Å². The number of morpholine rings is 1. The molecule has 6 heteroatoms. The van der Waals surface area contributed by atoms with Crippen molar-refractivity contribution in [2.75, 3.05) is 32.8 Å². The molecular formula is C15H18Cl2N2O2. The fraction of sp³-hybridized carbons (Fsp3) is 0.533. The van der Waals surface area contributed by atoms with Gasteiger partial charge in [0.15, 0.2) is 0 Å². The van der Waals surface area contributed by atoms with Gasteiger partial charge in [0.05, 0.1) is 13.2 Å². The number of hydrogen-bond acceptors (Lipinski definition) is 3. The highest BCUT2D eigenvalue weighted by atomic mass is 35.5. The van der Waals surface area contributed by atoms with Gasteiger partial charge in [-0.25, -0.2) is 5.01 Å². The first kappa shape index (κ1) is 15.1. The van der Waals surface area contributed by atoms with Gasteiger partial charge in [0.25, 0.3) is 0 Å².